The molecule has 1 amide bonds. The topological polar surface area (TPSA) is 71.3 Å². The predicted molar refractivity (Wildman–Crippen MR) is 127 cm³/mol. The molecule has 0 atom stereocenters. The highest BCUT2D eigenvalue weighted by atomic mass is 35.5. The van der Waals surface area contributed by atoms with Crippen LogP contribution in [0.25, 0.3) is 11.2 Å². The maximum absolute atomic E-state index is 12.2. The van der Waals surface area contributed by atoms with Crippen molar-refractivity contribution in [2.45, 2.75) is 57.8 Å². The van der Waals surface area contributed by atoms with Crippen molar-refractivity contribution in [3.05, 3.63) is 35.1 Å². The van der Waals surface area contributed by atoms with Gasteiger partial charge >= 0.3 is 0 Å². The van der Waals surface area contributed by atoms with Crippen LogP contribution in [0.15, 0.2) is 29.4 Å². The Hall–Kier alpha value is -2.28. The first-order valence-electron chi connectivity index (χ1n) is 11.3. The summed E-state index contributed by atoms with van der Waals surface area (Å²) in [4.78, 5) is 16.9. The van der Waals surface area contributed by atoms with E-state index in [1.165, 1.54) is 32.1 Å². The molecule has 6 nitrogen and oxygen atoms in total. The zero-order valence-corrected chi connectivity index (χ0v) is 18.6. The number of nitrogens with zero attached hydrogens (tertiary/aromatic N) is 3. The largest absolute Gasteiger partial charge is 0.370 e. The molecule has 0 bridgehead atoms. The molecule has 2 aliphatic carbocycles. The third kappa shape index (κ3) is 5.51. The zero-order valence-electron chi connectivity index (χ0n) is 17.9. The molecule has 0 saturated heterocycles. The molecule has 2 radical (unpaired) electrons. The Morgan fingerprint density at radius 2 is 2.10 bits per heavy atom. The molecule has 0 aromatic carbocycles. The second-order valence-corrected chi connectivity index (χ2v) is 8.92. The second-order valence-electron chi connectivity index (χ2n) is 8.46. The number of aromatic nitrogens is 3. The van der Waals surface area contributed by atoms with Crippen LogP contribution in [0.2, 0.25) is 0 Å². The Morgan fingerprint density at radius 3 is 2.90 bits per heavy atom. The quantitative estimate of drug-likeness (QED) is 0.488. The number of halogens is 1. The van der Waals surface area contributed by atoms with E-state index in [1.807, 2.05) is 12.1 Å². The van der Waals surface area contributed by atoms with Crippen LogP contribution >= 0.6 is 11.6 Å². The molecule has 2 N–H and O–H groups in total. The van der Waals surface area contributed by atoms with Gasteiger partial charge in [-0.1, -0.05) is 43.0 Å². The minimum absolute atomic E-state index is 0.172. The standard InChI is InChI=1S/C23H29BClN5O/c24-18-15-28-30-21(14-20(29-23(18)30)17-9-4-5-10-19(17)25)26-11-6-12-27-22(31)13-16-7-2-1-3-8-16/h4,9,14-16,26H,1-3,5-8,10-13H2,(H,27,31). The summed E-state index contributed by atoms with van der Waals surface area (Å²) in [5.41, 5.74) is 2.84. The van der Waals surface area contributed by atoms with E-state index in [0.29, 0.717) is 36.5 Å². The summed E-state index contributed by atoms with van der Waals surface area (Å²) in [7, 11) is 6.08. The van der Waals surface area contributed by atoms with Gasteiger partial charge in [-0.05, 0) is 43.5 Å². The molecule has 8 heteroatoms. The van der Waals surface area contributed by atoms with Gasteiger partial charge < -0.3 is 10.6 Å². The molecule has 4 rings (SSSR count). The molecule has 0 spiro atoms. The number of carbonyl (C=O) groups is 1. The van der Waals surface area contributed by atoms with Gasteiger partial charge in [0.25, 0.3) is 0 Å². The normalized spacial score (nSPS) is 17.3. The van der Waals surface area contributed by atoms with Crippen molar-refractivity contribution in [3.63, 3.8) is 0 Å². The van der Waals surface area contributed by atoms with E-state index in [-0.39, 0.29) is 5.91 Å². The van der Waals surface area contributed by atoms with Crippen LogP contribution in [0.4, 0.5) is 5.82 Å². The van der Waals surface area contributed by atoms with Gasteiger partial charge in [0.15, 0.2) is 5.65 Å². The van der Waals surface area contributed by atoms with Crippen LogP contribution in [0, 0.1) is 5.92 Å². The first-order chi connectivity index (χ1) is 15.1. The average molecular weight is 438 g/mol. The number of amides is 1. The summed E-state index contributed by atoms with van der Waals surface area (Å²) >= 11 is 6.45. The Morgan fingerprint density at radius 1 is 1.26 bits per heavy atom. The van der Waals surface area contributed by atoms with Crippen molar-refractivity contribution >= 4 is 47.9 Å². The number of rotatable bonds is 8. The number of anilines is 1. The highest BCUT2D eigenvalue weighted by Crippen LogP contribution is 2.30. The van der Waals surface area contributed by atoms with Crippen LogP contribution in [0.3, 0.4) is 0 Å². The minimum atomic E-state index is 0.172. The van der Waals surface area contributed by atoms with Crippen LogP contribution < -0.4 is 16.1 Å². The number of hydrogen-bond donors (Lipinski definition) is 2. The first kappa shape index (κ1) is 21.9. The fraction of sp³-hybridized carbons (Fsp3) is 0.522. The van der Waals surface area contributed by atoms with E-state index in [9.17, 15) is 4.79 Å². The van der Waals surface area contributed by atoms with Crippen LogP contribution in [-0.2, 0) is 4.79 Å². The minimum Gasteiger partial charge on any atom is -0.370 e. The molecule has 162 valence electrons. The molecule has 2 heterocycles. The van der Waals surface area contributed by atoms with Crippen molar-refractivity contribution in [1.82, 2.24) is 19.9 Å². The molecule has 0 aliphatic heterocycles. The molecule has 2 aromatic heterocycles. The average Bonchev–Trinajstić information content (AvgIpc) is 3.15. The van der Waals surface area contributed by atoms with E-state index in [2.05, 4.69) is 26.8 Å². The summed E-state index contributed by atoms with van der Waals surface area (Å²) in [6, 6.07) is 1.95. The first-order valence-corrected chi connectivity index (χ1v) is 11.7. The van der Waals surface area contributed by atoms with Gasteiger partial charge in [0.1, 0.15) is 13.7 Å². The smallest absolute Gasteiger partial charge is 0.220 e. The Balaban J connectivity index is 1.35. The lowest BCUT2D eigenvalue weighted by molar-refractivity contribution is -0.122. The molecular weight excluding hydrogens is 409 g/mol. The van der Waals surface area contributed by atoms with E-state index >= 15 is 0 Å². The Kier molecular flexibility index (Phi) is 7.33. The highest BCUT2D eigenvalue weighted by Gasteiger charge is 2.17. The number of nitrogens with one attached hydrogen (secondary N) is 2. The molecule has 1 fully saturated rings. The van der Waals surface area contributed by atoms with Crippen molar-refractivity contribution < 1.29 is 4.79 Å². The summed E-state index contributed by atoms with van der Waals surface area (Å²) in [5, 5.41) is 11.6. The third-order valence-electron chi connectivity index (χ3n) is 6.06. The van der Waals surface area contributed by atoms with E-state index in [4.69, 9.17) is 19.4 Å². The molecule has 31 heavy (non-hydrogen) atoms. The SMILES string of the molecule is [B]c1cnn2c(NCCCNC(=O)CC3CCCCC3)cc(C3=C(Cl)CCC=C3)nc12. The predicted octanol–water partition coefficient (Wildman–Crippen LogP) is 3.71. The lowest BCUT2D eigenvalue weighted by atomic mass is 9.87. The molecule has 2 aliphatic rings. The molecule has 2 aromatic rings. The van der Waals surface area contributed by atoms with Crippen LogP contribution in [0.5, 0.6) is 0 Å². The maximum atomic E-state index is 12.2. The van der Waals surface area contributed by atoms with Gasteiger partial charge in [0, 0.05) is 42.4 Å². The Labute approximate surface area is 189 Å². The number of hydrogen-bond acceptors (Lipinski definition) is 4. The van der Waals surface area contributed by atoms with E-state index in [0.717, 1.165) is 41.4 Å². The van der Waals surface area contributed by atoms with Gasteiger partial charge in [0.05, 0.1) is 5.69 Å². The third-order valence-corrected chi connectivity index (χ3v) is 6.46. The summed E-state index contributed by atoms with van der Waals surface area (Å²) in [5.74, 6) is 1.54. The van der Waals surface area contributed by atoms with Crippen LogP contribution in [0.1, 0.15) is 63.5 Å². The lowest BCUT2D eigenvalue weighted by Crippen LogP contribution is -2.28. The molecule has 1 saturated carbocycles. The van der Waals surface area contributed by atoms with Gasteiger partial charge in [-0.15, -0.1) is 0 Å². The lowest BCUT2D eigenvalue weighted by Gasteiger charge is -2.20. The van der Waals surface area contributed by atoms with Gasteiger partial charge in [-0.2, -0.15) is 9.61 Å². The van der Waals surface area contributed by atoms with Crippen molar-refractivity contribution in [3.8, 4) is 0 Å². The van der Waals surface area contributed by atoms with E-state index < -0.39 is 0 Å². The molecular formula is C23H29BClN5O. The number of allylic oxidation sites excluding steroid dienone is 4. The second kappa shape index (κ2) is 10.4. The summed E-state index contributed by atoms with van der Waals surface area (Å²) < 4.78 is 1.71. The zero-order chi connectivity index (χ0) is 21.6. The number of carbonyl (C=O) groups excluding carboxylic acids is 1. The van der Waals surface area contributed by atoms with E-state index in [1.54, 1.807) is 10.7 Å². The fourth-order valence-electron chi connectivity index (χ4n) is 4.36. The monoisotopic (exact) mass is 437 g/mol. The van der Waals surface area contributed by atoms with Gasteiger partial charge in [0.2, 0.25) is 5.91 Å². The maximum Gasteiger partial charge on any atom is 0.220 e. The Bertz CT molecular complexity index is 993. The fourth-order valence-corrected chi connectivity index (χ4v) is 4.63. The summed E-state index contributed by atoms with van der Waals surface area (Å²) in [6.45, 7) is 1.35. The summed E-state index contributed by atoms with van der Waals surface area (Å²) in [6.07, 6.45) is 15.2. The van der Waals surface area contributed by atoms with Crippen LogP contribution in [-0.4, -0.2) is 41.4 Å². The highest BCUT2D eigenvalue weighted by molar-refractivity contribution is 6.36. The van der Waals surface area contributed by atoms with Crippen molar-refractivity contribution in [2.75, 3.05) is 18.4 Å². The molecule has 0 unspecified atom stereocenters. The van der Waals surface area contributed by atoms with Crippen molar-refractivity contribution in [2.24, 2.45) is 5.92 Å². The van der Waals surface area contributed by atoms with Crippen molar-refractivity contribution in [1.29, 1.82) is 0 Å². The van der Waals surface area contributed by atoms with Gasteiger partial charge in [-0.3, -0.25) is 4.79 Å². The number of fused-ring (bicyclic) bond motifs is 1. The van der Waals surface area contributed by atoms with Gasteiger partial charge in [-0.25, -0.2) is 4.98 Å².